The molecule has 0 bridgehead atoms. The molecule has 2 heterocycles. The van der Waals surface area contributed by atoms with Gasteiger partial charge in [0.25, 0.3) is 5.91 Å². The molecule has 2 fully saturated rings. The minimum atomic E-state index is -4.18. The predicted molar refractivity (Wildman–Crippen MR) is 93.6 cm³/mol. The van der Waals surface area contributed by atoms with Crippen LogP contribution in [0.1, 0.15) is 30.9 Å². The lowest BCUT2D eigenvalue weighted by atomic mass is 9.98. The van der Waals surface area contributed by atoms with E-state index in [2.05, 4.69) is 4.90 Å². The topological polar surface area (TPSA) is 90.0 Å². The quantitative estimate of drug-likeness (QED) is 0.810. The van der Waals surface area contributed by atoms with E-state index in [0.29, 0.717) is 28.3 Å². The number of carbonyl (C=O) groups is 1. The Kier molecular flexibility index (Phi) is 4.11. The molecule has 1 unspecified atom stereocenters. The van der Waals surface area contributed by atoms with Gasteiger partial charge in [-0.05, 0) is 55.7 Å². The molecule has 142 valence electrons. The molecule has 1 amide bonds. The normalized spacial score (nSPS) is 25.7. The van der Waals surface area contributed by atoms with E-state index in [1.807, 2.05) is 6.92 Å². The van der Waals surface area contributed by atoms with Crippen molar-refractivity contribution in [2.75, 3.05) is 23.9 Å². The number of fused-ring (bicyclic) bond motifs is 1. The smallest absolute Gasteiger partial charge is 0.326 e. The molecule has 4 rings (SSSR count). The van der Waals surface area contributed by atoms with E-state index < -0.39 is 39.9 Å². The van der Waals surface area contributed by atoms with Crippen LogP contribution in [0, 0.1) is 11.7 Å². The first-order chi connectivity index (χ1) is 12.3. The summed E-state index contributed by atoms with van der Waals surface area (Å²) in [4.78, 5) is 13.8. The van der Waals surface area contributed by atoms with Crippen LogP contribution in [-0.4, -0.2) is 50.0 Å². The van der Waals surface area contributed by atoms with E-state index in [4.69, 9.17) is 0 Å². The van der Waals surface area contributed by atoms with Gasteiger partial charge < -0.3 is 5.11 Å². The number of rotatable bonds is 3. The van der Waals surface area contributed by atoms with E-state index in [1.54, 1.807) is 4.72 Å². The highest BCUT2D eigenvalue weighted by Gasteiger charge is 2.39. The molecule has 1 saturated carbocycles. The lowest BCUT2D eigenvalue weighted by Gasteiger charge is -2.27. The fraction of sp³-hybridized carbons (Fsp3) is 0.588. The molecular weight excluding hydrogens is 361 g/mol. The van der Waals surface area contributed by atoms with Crippen molar-refractivity contribution >= 4 is 21.8 Å². The number of halogens is 1. The zero-order valence-electron chi connectivity index (χ0n) is 14.5. The van der Waals surface area contributed by atoms with Crippen molar-refractivity contribution in [1.82, 2.24) is 9.62 Å². The number of aromatic hydroxyl groups is 1. The third-order valence-corrected chi connectivity index (χ3v) is 6.84. The zero-order chi connectivity index (χ0) is 18.6. The van der Waals surface area contributed by atoms with Gasteiger partial charge in [0.2, 0.25) is 0 Å². The molecule has 2 aliphatic heterocycles. The average Bonchev–Trinajstić information content (AvgIpc) is 3.33. The second-order valence-electron chi connectivity index (χ2n) is 7.47. The summed E-state index contributed by atoms with van der Waals surface area (Å²) in [7, 11) is -4.18. The van der Waals surface area contributed by atoms with Crippen molar-refractivity contribution in [2.24, 2.45) is 5.92 Å². The van der Waals surface area contributed by atoms with E-state index in [1.165, 1.54) is 18.9 Å². The molecule has 3 aliphatic rings. The highest BCUT2D eigenvalue weighted by atomic mass is 32.2. The first-order valence-corrected chi connectivity index (χ1v) is 10.3. The maximum atomic E-state index is 15.3. The number of phenolic OH excluding ortho intramolecular Hbond substituents is 1. The monoisotopic (exact) mass is 383 g/mol. The summed E-state index contributed by atoms with van der Waals surface area (Å²) >= 11 is 0. The fourth-order valence-corrected chi connectivity index (χ4v) is 5.02. The predicted octanol–water partition coefficient (Wildman–Crippen LogP) is 0.911. The molecule has 9 heteroatoms. The molecule has 1 saturated heterocycles. The lowest BCUT2D eigenvalue weighted by molar-refractivity contribution is -0.117. The van der Waals surface area contributed by atoms with Gasteiger partial charge in [-0.2, -0.15) is 8.42 Å². The van der Waals surface area contributed by atoms with Gasteiger partial charge in [0.05, 0.1) is 0 Å². The van der Waals surface area contributed by atoms with Crippen LogP contribution >= 0.6 is 0 Å². The number of anilines is 1. The van der Waals surface area contributed by atoms with Crippen molar-refractivity contribution < 1.29 is 22.7 Å². The second-order valence-corrected chi connectivity index (χ2v) is 9.07. The maximum absolute atomic E-state index is 15.3. The van der Waals surface area contributed by atoms with Gasteiger partial charge in [0.1, 0.15) is 18.0 Å². The summed E-state index contributed by atoms with van der Waals surface area (Å²) in [6, 6.07) is 1.57. The van der Waals surface area contributed by atoms with E-state index in [-0.39, 0.29) is 6.04 Å². The number of nitrogens with zero attached hydrogens (tertiary/aromatic N) is 2. The molecule has 2 N–H and O–H groups in total. The summed E-state index contributed by atoms with van der Waals surface area (Å²) < 4.78 is 41.8. The van der Waals surface area contributed by atoms with Gasteiger partial charge >= 0.3 is 10.2 Å². The van der Waals surface area contributed by atoms with Gasteiger partial charge in [0, 0.05) is 19.1 Å². The minimum Gasteiger partial charge on any atom is -0.506 e. The summed E-state index contributed by atoms with van der Waals surface area (Å²) in [5.74, 6) is -1.23. The summed E-state index contributed by atoms with van der Waals surface area (Å²) in [6.45, 7) is 3.29. The third kappa shape index (κ3) is 3.03. The molecule has 1 aliphatic carbocycles. The van der Waals surface area contributed by atoms with E-state index in [0.717, 1.165) is 19.0 Å². The van der Waals surface area contributed by atoms with E-state index in [9.17, 15) is 18.3 Å². The molecule has 26 heavy (non-hydrogen) atoms. The maximum Gasteiger partial charge on any atom is 0.326 e. The Morgan fingerprint density at radius 2 is 2.12 bits per heavy atom. The number of carbonyl (C=O) groups excluding carboxylic acids is 1. The first-order valence-electron chi connectivity index (χ1n) is 8.87. The number of hydrogen-bond acceptors (Lipinski definition) is 5. The summed E-state index contributed by atoms with van der Waals surface area (Å²) in [5, 5.41) is 10.3. The van der Waals surface area contributed by atoms with Crippen molar-refractivity contribution in [1.29, 1.82) is 0 Å². The van der Waals surface area contributed by atoms with Crippen LogP contribution in [0.25, 0.3) is 0 Å². The van der Waals surface area contributed by atoms with Gasteiger partial charge in [-0.25, -0.2) is 13.4 Å². The Bertz CT molecular complexity index is 869. The van der Waals surface area contributed by atoms with Crippen molar-refractivity contribution in [3.63, 3.8) is 0 Å². The molecule has 0 spiro atoms. The molecule has 0 aromatic heterocycles. The van der Waals surface area contributed by atoms with E-state index >= 15 is 4.39 Å². The molecule has 1 atom stereocenters. The summed E-state index contributed by atoms with van der Waals surface area (Å²) in [6.07, 6.45) is 3.52. The van der Waals surface area contributed by atoms with Crippen LogP contribution in [0.15, 0.2) is 6.07 Å². The van der Waals surface area contributed by atoms with Gasteiger partial charge in [-0.3, -0.25) is 9.69 Å². The Balaban J connectivity index is 1.71. The molecule has 1 aromatic carbocycles. The van der Waals surface area contributed by atoms with Crippen LogP contribution in [-0.2, 0) is 27.8 Å². The standard InChI is InChI=1S/C17H22FN3O4S/c1-10-6-13-12(4-5-20(10)8-11-2-3-11)7-14(22)17(16(13)18)21-9-15(23)19-26(21,24)25/h7,10-11,22H,2-6,8-9H2,1H3,(H,19,23). The SMILES string of the molecule is CC1Cc2c(cc(O)c(N3CC(=O)NS3(=O)=O)c2F)CCN1CC1CC1. The highest BCUT2D eigenvalue weighted by Crippen LogP contribution is 2.39. The lowest BCUT2D eigenvalue weighted by Crippen LogP contribution is -2.36. The molecule has 0 radical (unpaired) electrons. The zero-order valence-corrected chi connectivity index (χ0v) is 15.4. The second kappa shape index (κ2) is 6.09. The Hall–Kier alpha value is -1.87. The Morgan fingerprint density at radius 1 is 1.38 bits per heavy atom. The molecular formula is C17H22FN3O4S. The largest absolute Gasteiger partial charge is 0.506 e. The number of benzene rings is 1. The van der Waals surface area contributed by atoms with Crippen molar-refractivity contribution in [3.05, 3.63) is 23.0 Å². The van der Waals surface area contributed by atoms with Crippen LogP contribution in [0.5, 0.6) is 5.75 Å². The first kappa shape index (κ1) is 17.5. The van der Waals surface area contributed by atoms with Crippen LogP contribution in [0.4, 0.5) is 10.1 Å². The number of nitrogens with one attached hydrogen (secondary N) is 1. The Morgan fingerprint density at radius 3 is 2.73 bits per heavy atom. The fourth-order valence-electron chi connectivity index (χ4n) is 3.86. The van der Waals surface area contributed by atoms with Crippen LogP contribution in [0.3, 0.4) is 0 Å². The van der Waals surface area contributed by atoms with Gasteiger partial charge in [0.15, 0.2) is 5.82 Å². The molecule has 1 aromatic rings. The van der Waals surface area contributed by atoms with Gasteiger partial charge in [-0.1, -0.05) is 0 Å². The van der Waals surface area contributed by atoms with Crippen LogP contribution < -0.4 is 9.03 Å². The van der Waals surface area contributed by atoms with Crippen molar-refractivity contribution in [2.45, 2.75) is 38.6 Å². The van der Waals surface area contributed by atoms with Crippen molar-refractivity contribution in [3.8, 4) is 5.75 Å². The van der Waals surface area contributed by atoms with Crippen LogP contribution in [0.2, 0.25) is 0 Å². The number of phenols is 1. The minimum absolute atomic E-state index is 0.124. The highest BCUT2D eigenvalue weighted by molar-refractivity contribution is 7.92. The third-order valence-electron chi connectivity index (χ3n) is 5.46. The molecule has 7 nitrogen and oxygen atoms in total. The van der Waals surface area contributed by atoms with Gasteiger partial charge in [-0.15, -0.1) is 0 Å². The Labute approximate surface area is 152 Å². The number of hydrogen-bond donors (Lipinski definition) is 2. The summed E-state index contributed by atoms with van der Waals surface area (Å²) in [5.41, 5.74) is 0.688. The number of amides is 1. The average molecular weight is 383 g/mol.